The van der Waals surface area contributed by atoms with E-state index in [1.54, 1.807) is 6.20 Å². The molecule has 2 heterocycles. The van der Waals surface area contributed by atoms with E-state index in [2.05, 4.69) is 28.2 Å². The van der Waals surface area contributed by atoms with Crippen molar-refractivity contribution in [2.24, 2.45) is 0 Å². The third kappa shape index (κ3) is 4.51. The molecule has 0 aliphatic rings. The minimum absolute atomic E-state index is 0. The van der Waals surface area contributed by atoms with E-state index < -0.39 is 18.4 Å². The van der Waals surface area contributed by atoms with Crippen molar-refractivity contribution >= 4 is 33.7 Å². The van der Waals surface area contributed by atoms with Crippen LogP contribution < -0.4 is 0 Å². The molecule has 3 aromatic rings. The number of pyridine rings is 2. The van der Waals surface area contributed by atoms with Crippen molar-refractivity contribution in [2.45, 2.75) is 6.42 Å². The van der Waals surface area contributed by atoms with E-state index in [9.17, 15) is 9.59 Å². The van der Waals surface area contributed by atoms with Gasteiger partial charge in [-0.05, 0) is 24.3 Å². The fraction of sp³-hybridized carbons (Fsp3) is 0.0667. The monoisotopic (exact) mass is 347 g/mol. The first-order valence-electron chi connectivity index (χ1n) is 6.10. The second-order valence-corrected chi connectivity index (χ2v) is 4.18. The van der Waals surface area contributed by atoms with Gasteiger partial charge in [0, 0.05) is 40.2 Å². The van der Waals surface area contributed by atoms with Crippen molar-refractivity contribution in [2.75, 3.05) is 0 Å². The second-order valence-electron chi connectivity index (χ2n) is 4.18. The molecule has 1 radical (unpaired) electrons. The van der Waals surface area contributed by atoms with Crippen LogP contribution in [0.1, 0.15) is 6.42 Å². The number of hydrogen-bond acceptors (Lipinski definition) is 4. The van der Waals surface area contributed by atoms with Crippen LogP contribution in [0.25, 0.3) is 21.8 Å². The Balaban J connectivity index is 0.000000264. The maximum absolute atomic E-state index is 9.43. The Bertz CT molecular complexity index is 741. The normalized spacial score (nSPS) is 9.45. The van der Waals surface area contributed by atoms with E-state index in [0.717, 1.165) is 21.8 Å². The number of hydrogen-bond donors (Lipinski definition) is 2. The molecule has 0 bridgehead atoms. The number of benzene rings is 1. The molecule has 22 heavy (non-hydrogen) atoms. The maximum Gasteiger partial charge on any atom is 0.314 e. The van der Waals surface area contributed by atoms with Crippen LogP contribution >= 0.6 is 0 Å². The molecule has 0 fully saturated rings. The number of carbonyl (C=O) groups is 2. The van der Waals surface area contributed by atoms with Gasteiger partial charge in [0.1, 0.15) is 6.42 Å². The van der Waals surface area contributed by atoms with Gasteiger partial charge in [0.15, 0.2) is 0 Å². The SMILES string of the molecule is O=C(O)CC(=O)O.[Cu].c1cnc2c(c1)ccc1ncccc12. The molecule has 0 saturated carbocycles. The molecule has 6 nitrogen and oxygen atoms in total. The zero-order valence-electron chi connectivity index (χ0n) is 11.2. The summed E-state index contributed by atoms with van der Waals surface area (Å²) in [5.41, 5.74) is 2.02. The van der Waals surface area contributed by atoms with E-state index in [4.69, 9.17) is 10.2 Å². The Hall–Kier alpha value is -2.50. The Morgan fingerprint density at radius 2 is 1.55 bits per heavy atom. The van der Waals surface area contributed by atoms with Crippen LogP contribution in [-0.4, -0.2) is 32.1 Å². The van der Waals surface area contributed by atoms with Crippen molar-refractivity contribution in [1.82, 2.24) is 9.97 Å². The van der Waals surface area contributed by atoms with Crippen LogP contribution in [0, 0.1) is 0 Å². The summed E-state index contributed by atoms with van der Waals surface area (Å²) in [6.07, 6.45) is 2.81. The van der Waals surface area contributed by atoms with Gasteiger partial charge in [-0.15, -0.1) is 0 Å². The number of aromatic nitrogens is 2. The predicted octanol–water partition coefficient (Wildman–Crippen LogP) is 2.33. The van der Waals surface area contributed by atoms with Crippen molar-refractivity contribution in [1.29, 1.82) is 0 Å². The minimum atomic E-state index is -1.31. The Morgan fingerprint density at radius 3 is 2.18 bits per heavy atom. The van der Waals surface area contributed by atoms with Crippen molar-refractivity contribution < 1.29 is 36.9 Å². The number of aliphatic carboxylic acids is 2. The summed E-state index contributed by atoms with van der Waals surface area (Å²) in [4.78, 5) is 27.5. The fourth-order valence-corrected chi connectivity index (χ4v) is 1.83. The van der Waals surface area contributed by atoms with Gasteiger partial charge in [-0.2, -0.15) is 0 Å². The minimum Gasteiger partial charge on any atom is -0.481 e. The number of carboxylic acid groups (broad SMARTS) is 2. The molecule has 0 aliphatic carbocycles. The summed E-state index contributed by atoms with van der Waals surface area (Å²) in [5.74, 6) is -2.62. The molecule has 0 unspecified atom stereocenters. The smallest absolute Gasteiger partial charge is 0.314 e. The van der Waals surface area contributed by atoms with Crippen LogP contribution in [0.15, 0.2) is 48.8 Å². The summed E-state index contributed by atoms with van der Waals surface area (Å²) in [6.45, 7) is 0. The quantitative estimate of drug-likeness (QED) is 0.419. The molecule has 0 amide bonds. The van der Waals surface area contributed by atoms with Gasteiger partial charge < -0.3 is 10.2 Å². The molecule has 0 saturated heterocycles. The summed E-state index contributed by atoms with van der Waals surface area (Å²) < 4.78 is 0. The van der Waals surface area contributed by atoms with Crippen LogP contribution in [-0.2, 0) is 26.7 Å². The molecule has 7 heteroatoms. The summed E-state index contributed by atoms with van der Waals surface area (Å²) >= 11 is 0. The zero-order valence-corrected chi connectivity index (χ0v) is 12.2. The average molecular weight is 348 g/mol. The van der Waals surface area contributed by atoms with Gasteiger partial charge >= 0.3 is 11.9 Å². The number of rotatable bonds is 2. The Labute approximate surface area is 136 Å². The molecule has 0 atom stereocenters. The zero-order chi connectivity index (χ0) is 15.2. The molecule has 0 spiro atoms. The van der Waals surface area contributed by atoms with Crippen LogP contribution in [0.3, 0.4) is 0 Å². The van der Waals surface area contributed by atoms with Crippen LogP contribution in [0.4, 0.5) is 0 Å². The molecule has 117 valence electrons. The molecule has 0 aliphatic heterocycles. The number of nitrogens with zero attached hydrogens (tertiary/aromatic N) is 2. The third-order valence-corrected chi connectivity index (χ3v) is 2.66. The van der Waals surface area contributed by atoms with Gasteiger partial charge in [0.05, 0.1) is 11.0 Å². The van der Waals surface area contributed by atoms with Gasteiger partial charge in [0.2, 0.25) is 0 Å². The molecule has 1 aromatic carbocycles. The first-order chi connectivity index (χ1) is 10.1. The molecular weight excluding hydrogens is 336 g/mol. The van der Waals surface area contributed by atoms with Crippen molar-refractivity contribution in [3.05, 3.63) is 48.8 Å². The van der Waals surface area contributed by atoms with Crippen molar-refractivity contribution in [3.8, 4) is 0 Å². The topological polar surface area (TPSA) is 100 Å². The Morgan fingerprint density at radius 1 is 0.909 bits per heavy atom. The standard InChI is InChI=1S/C12H8N2.C3H4O4.Cu/c1-3-9-5-6-11-10(4-2-7-13-11)12(9)14-8-1;4-2(5)1-3(6)7;/h1-8H;1H2,(H,4,5)(H,6,7);. The van der Waals surface area contributed by atoms with Crippen molar-refractivity contribution in [3.63, 3.8) is 0 Å². The molecule has 3 rings (SSSR count). The van der Waals surface area contributed by atoms with Gasteiger partial charge in [-0.3, -0.25) is 19.6 Å². The van der Waals surface area contributed by atoms with Gasteiger partial charge in [0.25, 0.3) is 0 Å². The van der Waals surface area contributed by atoms with Gasteiger partial charge in [-0.1, -0.05) is 12.1 Å². The van der Waals surface area contributed by atoms with E-state index in [0.29, 0.717) is 0 Å². The second kappa shape index (κ2) is 8.07. The summed E-state index contributed by atoms with van der Waals surface area (Å²) in [5, 5.41) is 17.7. The summed E-state index contributed by atoms with van der Waals surface area (Å²) in [6, 6.07) is 12.1. The Kier molecular flexibility index (Phi) is 6.44. The molecule has 2 N–H and O–H groups in total. The number of fused-ring (bicyclic) bond motifs is 3. The fourth-order valence-electron chi connectivity index (χ4n) is 1.83. The third-order valence-electron chi connectivity index (χ3n) is 2.66. The van der Waals surface area contributed by atoms with Crippen LogP contribution in [0.2, 0.25) is 0 Å². The maximum atomic E-state index is 9.43. The van der Waals surface area contributed by atoms with Crippen LogP contribution in [0.5, 0.6) is 0 Å². The summed E-state index contributed by atoms with van der Waals surface area (Å²) in [7, 11) is 0. The predicted molar refractivity (Wildman–Crippen MR) is 76.9 cm³/mol. The first kappa shape index (κ1) is 17.6. The van der Waals surface area contributed by atoms with E-state index in [-0.39, 0.29) is 17.1 Å². The van der Waals surface area contributed by atoms with Gasteiger partial charge in [-0.25, -0.2) is 0 Å². The largest absolute Gasteiger partial charge is 0.481 e. The van der Waals surface area contributed by atoms with E-state index in [1.807, 2.05) is 24.4 Å². The average Bonchev–Trinajstić information content (AvgIpc) is 2.46. The van der Waals surface area contributed by atoms with E-state index >= 15 is 0 Å². The number of carboxylic acids is 2. The molecular formula is C15H12CuN2O4. The van der Waals surface area contributed by atoms with E-state index in [1.165, 1.54) is 0 Å². The first-order valence-corrected chi connectivity index (χ1v) is 6.10. The molecule has 2 aromatic heterocycles.